The molecule has 1 aromatic carbocycles. The summed E-state index contributed by atoms with van der Waals surface area (Å²) in [6.45, 7) is 10.6. The Labute approximate surface area is 184 Å². The third-order valence-electron chi connectivity index (χ3n) is 3.43. The first-order valence-electron chi connectivity index (χ1n) is 9.03. The molecule has 168 valence electrons. The number of allylic oxidation sites excluding steroid dienone is 4. The Kier molecular flexibility index (Phi) is 11.2. The summed E-state index contributed by atoms with van der Waals surface area (Å²) in [5.41, 5.74) is 1.30. The highest BCUT2D eigenvalue weighted by molar-refractivity contribution is 5.87. The second-order valence-corrected chi connectivity index (χ2v) is 5.89. The molecule has 0 fully saturated rings. The van der Waals surface area contributed by atoms with Crippen molar-refractivity contribution in [3.05, 3.63) is 110 Å². The van der Waals surface area contributed by atoms with Crippen LogP contribution in [0.1, 0.15) is 12.5 Å². The van der Waals surface area contributed by atoms with E-state index in [0.717, 1.165) is 24.9 Å². The topological polar surface area (TPSA) is 71.1 Å². The van der Waals surface area contributed by atoms with E-state index >= 15 is 0 Å². The van der Waals surface area contributed by atoms with Gasteiger partial charge in [0.1, 0.15) is 37.5 Å². The van der Waals surface area contributed by atoms with E-state index in [1.807, 2.05) is 0 Å². The van der Waals surface area contributed by atoms with Crippen molar-refractivity contribution in [2.75, 3.05) is 6.67 Å². The van der Waals surface area contributed by atoms with Gasteiger partial charge >= 0.3 is 11.9 Å². The molecule has 8 heteroatoms. The van der Waals surface area contributed by atoms with Crippen molar-refractivity contribution in [1.82, 2.24) is 0 Å². The molecular formula is C24H22F2O6. The fourth-order valence-corrected chi connectivity index (χ4v) is 1.82. The number of benzene rings is 1. The van der Waals surface area contributed by atoms with Gasteiger partial charge in [0.05, 0.1) is 0 Å². The number of hydrogen-bond acceptors (Lipinski definition) is 6. The maximum atomic E-state index is 13.7. The summed E-state index contributed by atoms with van der Waals surface area (Å²) in [5.74, 6) is -2.43. The largest absolute Gasteiger partial charge is 0.462 e. The number of ether oxygens (including phenoxy) is 4. The second kappa shape index (κ2) is 13.9. The third kappa shape index (κ3) is 9.53. The Bertz CT molecular complexity index is 969. The van der Waals surface area contributed by atoms with Crippen molar-refractivity contribution in [3.63, 3.8) is 0 Å². The minimum absolute atomic E-state index is 0.167. The number of halogens is 2. The minimum atomic E-state index is -1.38. The molecule has 0 radical (unpaired) electrons. The van der Waals surface area contributed by atoms with Crippen molar-refractivity contribution < 1.29 is 37.3 Å². The molecule has 6 nitrogen and oxygen atoms in total. The van der Waals surface area contributed by atoms with Crippen molar-refractivity contribution in [1.29, 1.82) is 0 Å². The fraction of sp³-hybridized carbons (Fsp3) is 0.0833. The number of carbonyl (C=O) groups is 2. The summed E-state index contributed by atoms with van der Waals surface area (Å²) < 4.78 is 46.0. The molecule has 0 N–H and O–H groups in total. The van der Waals surface area contributed by atoms with Crippen LogP contribution in [0.2, 0.25) is 0 Å². The van der Waals surface area contributed by atoms with Gasteiger partial charge in [0.15, 0.2) is 11.6 Å². The van der Waals surface area contributed by atoms with Crippen LogP contribution in [0.5, 0.6) is 5.75 Å². The van der Waals surface area contributed by atoms with Crippen molar-refractivity contribution in [2.45, 2.75) is 6.92 Å². The van der Waals surface area contributed by atoms with Crippen molar-refractivity contribution in [2.24, 2.45) is 0 Å². The summed E-state index contributed by atoms with van der Waals surface area (Å²) in [6.07, 6.45) is 7.65. The molecule has 0 heterocycles. The number of alkyl halides is 1. The van der Waals surface area contributed by atoms with Crippen LogP contribution >= 0.6 is 0 Å². The van der Waals surface area contributed by atoms with E-state index < -0.39 is 30.2 Å². The lowest BCUT2D eigenvalue weighted by atomic mass is 10.1. The van der Waals surface area contributed by atoms with Gasteiger partial charge in [0.2, 0.25) is 0 Å². The molecule has 0 bridgehead atoms. The van der Waals surface area contributed by atoms with Gasteiger partial charge in [-0.05, 0) is 36.3 Å². The molecule has 0 amide bonds. The average molecular weight is 444 g/mol. The molecule has 0 aliphatic rings. The third-order valence-corrected chi connectivity index (χ3v) is 3.43. The lowest BCUT2D eigenvalue weighted by Gasteiger charge is -2.05. The molecule has 1 rings (SSSR count). The van der Waals surface area contributed by atoms with Gasteiger partial charge in [-0.25, -0.2) is 18.4 Å². The van der Waals surface area contributed by atoms with Gasteiger partial charge in [-0.3, -0.25) is 0 Å². The molecule has 1 aromatic rings. The van der Waals surface area contributed by atoms with E-state index in [1.54, 1.807) is 24.3 Å². The molecule has 0 saturated carbocycles. The monoisotopic (exact) mass is 444 g/mol. The predicted molar refractivity (Wildman–Crippen MR) is 116 cm³/mol. The molecule has 0 spiro atoms. The van der Waals surface area contributed by atoms with Crippen molar-refractivity contribution >= 4 is 17.5 Å². The highest BCUT2D eigenvalue weighted by atomic mass is 19.2. The molecular weight excluding hydrogens is 422 g/mol. The summed E-state index contributed by atoms with van der Waals surface area (Å²) in [5, 5.41) is 0. The van der Waals surface area contributed by atoms with E-state index in [2.05, 4.69) is 29.2 Å². The van der Waals surface area contributed by atoms with Crippen LogP contribution < -0.4 is 4.74 Å². The first-order valence-corrected chi connectivity index (χ1v) is 9.03. The van der Waals surface area contributed by atoms with Crippen LogP contribution in [0, 0.1) is 0 Å². The predicted octanol–water partition coefficient (Wildman–Crippen LogP) is 5.59. The normalized spacial score (nSPS) is 11.8. The van der Waals surface area contributed by atoms with E-state index in [4.69, 9.17) is 9.47 Å². The smallest absolute Gasteiger partial charge is 0.338 e. The Balaban J connectivity index is 2.73. The van der Waals surface area contributed by atoms with Crippen LogP contribution in [0.15, 0.2) is 104 Å². The van der Waals surface area contributed by atoms with Crippen molar-refractivity contribution in [3.8, 4) is 5.75 Å². The lowest BCUT2D eigenvalue weighted by molar-refractivity contribution is -0.134. The quantitative estimate of drug-likeness (QED) is 0.181. The van der Waals surface area contributed by atoms with Crippen LogP contribution in [0.4, 0.5) is 8.78 Å². The average Bonchev–Trinajstić information content (AvgIpc) is 2.80. The van der Waals surface area contributed by atoms with E-state index in [0.29, 0.717) is 16.9 Å². The zero-order valence-electron chi connectivity index (χ0n) is 17.4. The minimum Gasteiger partial charge on any atom is -0.462 e. The molecule has 0 atom stereocenters. The van der Waals surface area contributed by atoms with E-state index in [-0.39, 0.29) is 5.57 Å². The standard InChI is InChI=1S/C24H22F2O6/c1-5-23(27)31-14-12-29-20-9-7-19(8-10-20)18(4)6-11-22(21(26)16-25)30-13-15-32-24(28)17(2)3/h5-15H,1-2,4,16H2,3H3/b11-6-,14-12-,15-13-,22-21-. The number of esters is 2. The molecule has 0 saturated heterocycles. The van der Waals surface area contributed by atoms with Crippen LogP contribution in [0.25, 0.3) is 5.57 Å². The summed E-state index contributed by atoms with van der Waals surface area (Å²) in [7, 11) is 0. The van der Waals surface area contributed by atoms with Crippen LogP contribution in [-0.4, -0.2) is 18.6 Å². The number of carbonyl (C=O) groups excluding carboxylic acids is 2. The van der Waals surface area contributed by atoms with Gasteiger partial charge in [-0.2, -0.15) is 0 Å². The Morgan fingerprint density at radius 2 is 1.59 bits per heavy atom. The number of hydrogen-bond donors (Lipinski definition) is 0. The summed E-state index contributed by atoms with van der Waals surface area (Å²) in [6, 6.07) is 6.61. The first-order chi connectivity index (χ1) is 15.3. The van der Waals surface area contributed by atoms with Crippen LogP contribution in [0.3, 0.4) is 0 Å². The maximum Gasteiger partial charge on any atom is 0.338 e. The molecule has 0 unspecified atom stereocenters. The summed E-state index contributed by atoms with van der Waals surface area (Å²) >= 11 is 0. The number of rotatable bonds is 12. The Morgan fingerprint density at radius 3 is 2.19 bits per heavy atom. The van der Waals surface area contributed by atoms with Gasteiger partial charge in [0.25, 0.3) is 0 Å². The van der Waals surface area contributed by atoms with E-state index in [9.17, 15) is 18.4 Å². The zero-order chi connectivity index (χ0) is 23.9. The molecule has 32 heavy (non-hydrogen) atoms. The SMILES string of the molecule is C=CC(=O)O/C=C\Oc1ccc(C(=C)/C=C\C(O/C=C\OC(=O)C(=C)C)=C(\F)CF)cc1. The Morgan fingerprint density at radius 1 is 0.969 bits per heavy atom. The maximum absolute atomic E-state index is 13.7. The first kappa shape index (κ1) is 25.8. The van der Waals surface area contributed by atoms with Gasteiger partial charge in [-0.1, -0.05) is 37.9 Å². The van der Waals surface area contributed by atoms with Gasteiger partial charge < -0.3 is 18.9 Å². The summed E-state index contributed by atoms with van der Waals surface area (Å²) in [4.78, 5) is 22.1. The second-order valence-electron chi connectivity index (χ2n) is 5.89. The molecule has 0 aliphatic carbocycles. The van der Waals surface area contributed by atoms with Crippen LogP contribution in [-0.2, 0) is 23.8 Å². The Hall–Kier alpha value is -4.20. The van der Waals surface area contributed by atoms with E-state index in [1.165, 1.54) is 25.3 Å². The lowest BCUT2D eigenvalue weighted by Crippen LogP contribution is -1.99. The zero-order valence-corrected chi connectivity index (χ0v) is 17.4. The highest BCUT2D eigenvalue weighted by Crippen LogP contribution is 2.20. The molecule has 0 aliphatic heterocycles. The highest BCUT2D eigenvalue weighted by Gasteiger charge is 2.05. The fourth-order valence-electron chi connectivity index (χ4n) is 1.82. The van der Waals surface area contributed by atoms with Gasteiger partial charge in [-0.15, -0.1) is 0 Å². The van der Waals surface area contributed by atoms with Gasteiger partial charge in [0, 0.05) is 11.6 Å². The molecule has 0 aromatic heterocycles.